The van der Waals surface area contributed by atoms with E-state index in [9.17, 15) is 0 Å². The van der Waals surface area contributed by atoms with Crippen LogP contribution in [0.1, 0.15) is 116 Å². The number of rotatable bonds is 4. The van der Waals surface area contributed by atoms with Gasteiger partial charge in [-0.3, -0.25) is 0 Å². The predicted octanol–water partition coefficient (Wildman–Crippen LogP) is 18.9. The fraction of sp³-hybridized carbons (Fsp3) is 0.265. The summed E-state index contributed by atoms with van der Waals surface area (Å²) in [5.41, 5.74) is 18.4. The van der Waals surface area contributed by atoms with E-state index in [0.717, 1.165) is 48.0 Å². The summed E-state index contributed by atoms with van der Waals surface area (Å²) in [5.74, 6) is 0. The van der Waals surface area contributed by atoms with E-state index in [2.05, 4.69) is 245 Å². The Labute approximate surface area is 431 Å². The zero-order valence-electron chi connectivity index (χ0n) is 45.1. The molecule has 0 saturated heterocycles. The van der Waals surface area contributed by atoms with Crippen molar-refractivity contribution < 1.29 is 0 Å². The zero-order valence-corrected chi connectivity index (χ0v) is 45.1. The fourth-order valence-electron chi connectivity index (χ4n) is 10.8. The third-order valence-electron chi connectivity index (χ3n) is 14.2. The highest BCUT2D eigenvalue weighted by atomic mass is 15.2. The summed E-state index contributed by atoms with van der Waals surface area (Å²) in [4.78, 5) is 14.2. The molecule has 0 fully saturated rings. The molecule has 2 aromatic heterocycles. The summed E-state index contributed by atoms with van der Waals surface area (Å²) >= 11 is 0. The molecule has 4 heteroatoms. The minimum absolute atomic E-state index is 0.0822. The number of para-hydroxylation sites is 8. The number of pyridine rings is 2. The first kappa shape index (κ1) is 52.5. The monoisotopic (exact) mass is 949 g/mol. The van der Waals surface area contributed by atoms with Crippen LogP contribution in [0.4, 0.5) is 22.7 Å². The van der Waals surface area contributed by atoms with Crippen molar-refractivity contribution in [3.63, 3.8) is 0 Å². The largest absolute Gasteiger partial charge is 0.341 e. The van der Waals surface area contributed by atoms with Gasteiger partial charge >= 0.3 is 0 Å². The number of aromatic nitrogens is 2. The van der Waals surface area contributed by atoms with Gasteiger partial charge in [0, 0.05) is 68.2 Å². The molecule has 0 saturated carbocycles. The maximum atomic E-state index is 4.69. The number of anilines is 4. The van der Waals surface area contributed by atoms with Gasteiger partial charge < -0.3 is 9.80 Å². The lowest BCUT2D eigenvalue weighted by molar-refractivity contribution is 0.625. The Hall–Kier alpha value is -7.30. The molecule has 368 valence electrons. The van der Waals surface area contributed by atoms with Gasteiger partial charge in [0.2, 0.25) is 0 Å². The molecule has 0 unspecified atom stereocenters. The van der Waals surface area contributed by atoms with Gasteiger partial charge in [-0.1, -0.05) is 215 Å². The van der Waals surface area contributed by atoms with E-state index in [1.165, 1.54) is 77.7 Å². The summed E-state index contributed by atoms with van der Waals surface area (Å²) in [7, 11) is 0. The van der Waals surface area contributed by atoms with Crippen LogP contribution in [0.5, 0.6) is 0 Å². The van der Waals surface area contributed by atoms with Gasteiger partial charge in [0.25, 0.3) is 0 Å². The van der Waals surface area contributed by atoms with Gasteiger partial charge in [-0.2, -0.15) is 0 Å². The second-order valence-electron chi connectivity index (χ2n) is 18.8. The molecule has 0 aliphatic carbocycles. The first-order valence-electron chi connectivity index (χ1n) is 26.6. The van der Waals surface area contributed by atoms with Crippen LogP contribution in [0.25, 0.3) is 43.6 Å². The Kier molecular flexibility index (Phi) is 17.3. The fourth-order valence-corrected chi connectivity index (χ4v) is 10.8. The standard InChI is InChI=1S/2C17H19N.2C15H13N.2C2H6/c2*1-4-18-15-11-7-5-9-13(15)17(2,3)14-10-6-8-12-16(14)18;2*1-2-11-12-7-3-5-9-14(12)16-15-10-6-4-8-13(11)15;2*1-2/h2*5-12H,4H2,1-3H3;2*3-10H,2H2,1H3;2*1-2H3. The molecular formula is C68H76N4. The van der Waals surface area contributed by atoms with Crippen molar-refractivity contribution in [1.82, 2.24) is 9.97 Å². The van der Waals surface area contributed by atoms with Gasteiger partial charge in [-0.25, -0.2) is 9.97 Å². The Bertz CT molecular complexity index is 2950. The molecule has 0 bridgehead atoms. The van der Waals surface area contributed by atoms with Crippen molar-refractivity contribution in [3.05, 3.63) is 228 Å². The van der Waals surface area contributed by atoms with Crippen LogP contribution < -0.4 is 9.80 Å². The third-order valence-corrected chi connectivity index (χ3v) is 14.2. The molecule has 0 radical (unpaired) electrons. The molecule has 8 aromatic carbocycles. The highest BCUT2D eigenvalue weighted by Crippen LogP contribution is 2.49. The van der Waals surface area contributed by atoms with Crippen molar-refractivity contribution in [3.8, 4) is 0 Å². The van der Waals surface area contributed by atoms with Gasteiger partial charge in [0.15, 0.2) is 0 Å². The summed E-state index contributed by atoms with van der Waals surface area (Å²) < 4.78 is 0. The van der Waals surface area contributed by atoms with Gasteiger partial charge in [-0.15, -0.1) is 0 Å². The van der Waals surface area contributed by atoms with Crippen LogP contribution >= 0.6 is 0 Å². The van der Waals surface area contributed by atoms with Crippen LogP contribution in [-0.2, 0) is 23.7 Å². The van der Waals surface area contributed by atoms with Crippen molar-refractivity contribution in [2.45, 2.75) is 107 Å². The van der Waals surface area contributed by atoms with Gasteiger partial charge in [0.05, 0.1) is 22.1 Å². The third kappa shape index (κ3) is 10.2. The van der Waals surface area contributed by atoms with Crippen molar-refractivity contribution >= 4 is 66.4 Å². The summed E-state index contributed by atoms with van der Waals surface area (Å²) in [6, 6.07) is 68.5. The van der Waals surface area contributed by atoms with E-state index in [-0.39, 0.29) is 10.8 Å². The molecule has 4 heterocycles. The van der Waals surface area contributed by atoms with Crippen LogP contribution in [0.15, 0.2) is 194 Å². The molecule has 12 rings (SSSR count). The molecular weight excluding hydrogens is 873 g/mol. The Morgan fingerprint density at radius 3 is 0.736 bits per heavy atom. The molecule has 10 aromatic rings. The molecule has 2 aliphatic rings. The summed E-state index contributed by atoms with van der Waals surface area (Å²) in [6.45, 7) is 28.1. The Balaban J connectivity index is 0.000000138. The highest BCUT2D eigenvalue weighted by molar-refractivity contribution is 5.98. The van der Waals surface area contributed by atoms with Gasteiger partial charge in [-0.05, 0) is 109 Å². The molecule has 4 nitrogen and oxygen atoms in total. The number of benzene rings is 8. The maximum absolute atomic E-state index is 4.69. The zero-order chi connectivity index (χ0) is 51.4. The Morgan fingerprint density at radius 1 is 0.306 bits per heavy atom. The van der Waals surface area contributed by atoms with Crippen LogP contribution in [0.3, 0.4) is 0 Å². The molecule has 0 spiro atoms. The Morgan fingerprint density at radius 2 is 0.514 bits per heavy atom. The first-order chi connectivity index (χ1) is 35.1. The van der Waals surface area contributed by atoms with E-state index in [4.69, 9.17) is 0 Å². The van der Waals surface area contributed by atoms with Crippen LogP contribution in [-0.4, -0.2) is 23.1 Å². The van der Waals surface area contributed by atoms with E-state index < -0.39 is 0 Å². The molecule has 0 N–H and O–H groups in total. The average molecular weight is 949 g/mol. The second-order valence-corrected chi connectivity index (χ2v) is 18.8. The van der Waals surface area contributed by atoms with Crippen LogP contribution in [0.2, 0.25) is 0 Å². The SMILES string of the molecule is CC.CC.CCN1c2ccccc2C(C)(C)c2ccccc21.CCN1c2ccccc2C(C)(C)c2ccccc21.CCc1c2ccccc2nc2ccccc12.CCc1c2ccccc2nc2ccccc12. The highest BCUT2D eigenvalue weighted by Gasteiger charge is 2.36. The number of fused-ring (bicyclic) bond motifs is 8. The van der Waals surface area contributed by atoms with Gasteiger partial charge in [0.1, 0.15) is 0 Å². The van der Waals surface area contributed by atoms with Crippen molar-refractivity contribution in [2.24, 2.45) is 0 Å². The topological polar surface area (TPSA) is 32.3 Å². The van der Waals surface area contributed by atoms with E-state index in [1.54, 1.807) is 0 Å². The lowest BCUT2D eigenvalue weighted by atomic mass is 9.74. The summed E-state index contributed by atoms with van der Waals surface area (Å²) in [6.07, 6.45) is 2.09. The minimum Gasteiger partial charge on any atom is -0.341 e. The average Bonchev–Trinajstić information content (AvgIpc) is 3.44. The first-order valence-corrected chi connectivity index (χ1v) is 26.6. The molecule has 72 heavy (non-hydrogen) atoms. The van der Waals surface area contributed by atoms with Crippen LogP contribution in [0, 0.1) is 0 Å². The second kappa shape index (κ2) is 23.7. The van der Waals surface area contributed by atoms with Crippen molar-refractivity contribution in [1.29, 1.82) is 0 Å². The predicted molar refractivity (Wildman–Crippen MR) is 315 cm³/mol. The minimum atomic E-state index is 0.0822. The van der Waals surface area contributed by atoms with Crippen molar-refractivity contribution in [2.75, 3.05) is 22.9 Å². The quantitative estimate of drug-likeness (QED) is 0.165. The van der Waals surface area contributed by atoms with E-state index in [1.807, 2.05) is 52.0 Å². The molecule has 0 amide bonds. The smallest absolute Gasteiger partial charge is 0.0712 e. The lowest BCUT2D eigenvalue weighted by Gasteiger charge is -2.41. The number of hydrogen-bond acceptors (Lipinski definition) is 4. The van der Waals surface area contributed by atoms with E-state index in [0.29, 0.717) is 0 Å². The van der Waals surface area contributed by atoms with E-state index >= 15 is 0 Å². The number of hydrogen-bond donors (Lipinski definition) is 0. The lowest BCUT2D eigenvalue weighted by Crippen LogP contribution is -2.32. The number of nitrogens with zero attached hydrogens (tertiary/aromatic N) is 4. The molecule has 2 aliphatic heterocycles. The normalized spacial score (nSPS) is 13.1. The number of aryl methyl sites for hydroxylation is 2. The molecule has 0 atom stereocenters. The maximum Gasteiger partial charge on any atom is 0.0712 e. The summed E-state index contributed by atoms with van der Waals surface area (Å²) in [5, 5.41) is 5.12.